The molecule has 0 unspecified atom stereocenters. The van der Waals surface area contributed by atoms with Crippen molar-refractivity contribution in [3.8, 4) is 5.69 Å². The first-order chi connectivity index (χ1) is 16.3. The monoisotopic (exact) mass is 468 g/mol. The van der Waals surface area contributed by atoms with Crippen LogP contribution in [0.2, 0.25) is 0 Å². The number of nitrogens with one attached hydrogen (secondary N) is 1. The number of carbonyl (C=O) groups is 1. The lowest BCUT2D eigenvalue weighted by atomic mass is 10.0. The Morgan fingerprint density at radius 2 is 1.88 bits per heavy atom. The normalized spacial score (nSPS) is 15.2. The van der Waals surface area contributed by atoms with Gasteiger partial charge in [-0.25, -0.2) is 9.07 Å². The minimum absolute atomic E-state index is 0.0529. The number of benzene rings is 1. The number of carbonyl (C=O) groups excluding carboxylic acids is 1. The fourth-order valence-corrected chi connectivity index (χ4v) is 4.71. The smallest absolute Gasteiger partial charge is 0.255 e. The molecule has 0 aliphatic carbocycles. The van der Waals surface area contributed by atoms with E-state index in [0.29, 0.717) is 29.9 Å². The van der Waals surface area contributed by atoms with Gasteiger partial charge in [-0.05, 0) is 51.1 Å². The molecule has 3 heterocycles. The molecule has 1 amide bonds. The van der Waals surface area contributed by atoms with E-state index in [1.54, 1.807) is 28.4 Å². The van der Waals surface area contributed by atoms with E-state index in [0.717, 1.165) is 49.4 Å². The molecule has 1 saturated heterocycles. The number of nitrogens with zero attached hydrogens (tertiary/aromatic N) is 5. The number of likely N-dealkylation sites (N-methyl/N-ethyl adjacent to an activating group) is 1. The summed E-state index contributed by atoms with van der Waals surface area (Å²) < 4.78 is 17.0. The highest BCUT2D eigenvalue weighted by Gasteiger charge is 2.20. The molecule has 1 N–H and O–H groups in total. The van der Waals surface area contributed by atoms with E-state index in [1.165, 1.54) is 12.1 Å². The van der Waals surface area contributed by atoms with Crippen LogP contribution >= 0.6 is 0 Å². The number of halogens is 1. The topological polar surface area (TPSA) is 75.4 Å². The van der Waals surface area contributed by atoms with Crippen molar-refractivity contribution in [2.24, 2.45) is 7.05 Å². The SMILES string of the molecule is Cc1nn(-c2cccc(F)c2)c2c1c(C)c(CCC(=O)NCCN1CCN(C)CC1)c(=O)n2C. The maximum Gasteiger partial charge on any atom is 0.255 e. The third-order valence-corrected chi connectivity index (χ3v) is 6.75. The lowest BCUT2D eigenvalue weighted by Crippen LogP contribution is -2.46. The molecule has 3 aromatic rings. The van der Waals surface area contributed by atoms with Gasteiger partial charge in [-0.2, -0.15) is 5.10 Å². The van der Waals surface area contributed by atoms with Crippen LogP contribution in [0.1, 0.15) is 23.2 Å². The van der Waals surface area contributed by atoms with E-state index < -0.39 is 0 Å². The van der Waals surface area contributed by atoms with Crippen LogP contribution in [0.3, 0.4) is 0 Å². The largest absolute Gasteiger partial charge is 0.355 e. The maximum atomic E-state index is 13.8. The summed E-state index contributed by atoms with van der Waals surface area (Å²) in [6, 6.07) is 6.15. The van der Waals surface area contributed by atoms with Gasteiger partial charge in [-0.15, -0.1) is 0 Å². The lowest BCUT2D eigenvalue weighted by molar-refractivity contribution is -0.121. The fourth-order valence-electron chi connectivity index (χ4n) is 4.71. The molecule has 182 valence electrons. The van der Waals surface area contributed by atoms with Crippen LogP contribution in [0.25, 0.3) is 16.7 Å². The molecule has 8 nitrogen and oxygen atoms in total. The Morgan fingerprint density at radius 1 is 1.15 bits per heavy atom. The van der Waals surface area contributed by atoms with Crippen molar-refractivity contribution in [2.45, 2.75) is 26.7 Å². The van der Waals surface area contributed by atoms with Gasteiger partial charge in [0.15, 0.2) is 0 Å². The van der Waals surface area contributed by atoms with Gasteiger partial charge in [0.2, 0.25) is 5.91 Å². The molecular weight excluding hydrogens is 435 g/mol. The Hall–Kier alpha value is -3.04. The number of hydrogen-bond donors (Lipinski definition) is 1. The van der Waals surface area contributed by atoms with Crippen LogP contribution in [-0.4, -0.2) is 76.4 Å². The standard InChI is InChI=1S/C25H33FN6O2/c1-17-21(8-9-22(33)27-10-11-31-14-12-29(3)13-15-31)25(34)30(4)24-23(17)18(2)28-32(24)20-7-5-6-19(26)16-20/h5-7,16H,8-15H2,1-4H3,(H,27,33). The Morgan fingerprint density at radius 3 is 2.59 bits per heavy atom. The van der Waals surface area contributed by atoms with Gasteiger partial charge in [0.25, 0.3) is 5.56 Å². The molecule has 1 aromatic carbocycles. The van der Waals surface area contributed by atoms with Crippen LogP contribution < -0.4 is 10.9 Å². The van der Waals surface area contributed by atoms with Crippen LogP contribution in [0.15, 0.2) is 29.1 Å². The Bertz CT molecular complexity index is 1260. The van der Waals surface area contributed by atoms with Crippen molar-refractivity contribution >= 4 is 16.9 Å². The Balaban J connectivity index is 1.48. The van der Waals surface area contributed by atoms with Gasteiger partial charge in [0.05, 0.1) is 11.4 Å². The van der Waals surface area contributed by atoms with Crippen LogP contribution in [0, 0.1) is 19.7 Å². The second-order valence-corrected chi connectivity index (χ2v) is 9.14. The third kappa shape index (κ3) is 4.90. The van der Waals surface area contributed by atoms with Crippen molar-refractivity contribution < 1.29 is 9.18 Å². The zero-order valence-electron chi connectivity index (χ0n) is 20.4. The molecule has 1 aliphatic heterocycles. The summed E-state index contributed by atoms with van der Waals surface area (Å²) in [5, 5.41) is 8.44. The molecule has 0 spiro atoms. The van der Waals surface area contributed by atoms with Crippen molar-refractivity contribution in [3.05, 3.63) is 57.3 Å². The summed E-state index contributed by atoms with van der Waals surface area (Å²) in [6.45, 7) is 9.36. The molecule has 4 rings (SSSR count). The van der Waals surface area contributed by atoms with E-state index >= 15 is 0 Å². The van der Waals surface area contributed by atoms with E-state index in [-0.39, 0.29) is 23.7 Å². The molecule has 34 heavy (non-hydrogen) atoms. The quantitative estimate of drug-likeness (QED) is 0.572. The first-order valence-corrected chi connectivity index (χ1v) is 11.8. The second-order valence-electron chi connectivity index (χ2n) is 9.14. The summed E-state index contributed by atoms with van der Waals surface area (Å²) in [7, 11) is 3.82. The molecule has 9 heteroatoms. The Labute approximate surface area is 199 Å². The molecule has 1 fully saturated rings. The molecule has 2 aromatic heterocycles. The van der Waals surface area contributed by atoms with Crippen LogP contribution in [-0.2, 0) is 18.3 Å². The zero-order chi connectivity index (χ0) is 24.4. The number of pyridine rings is 1. The molecule has 0 atom stereocenters. The number of aryl methyl sites for hydroxylation is 3. The average Bonchev–Trinajstić information content (AvgIpc) is 3.16. The number of aromatic nitrogens is 3. The van der Waals surface area contributed by atoms with Crippen molar-refractivity contribution in [1.29, 1.82) is 0 Å². The zero-order valence-corrected chi connectivity index (χ0v) is 20.4. The predicted octanol–water partition coefficient (Wildman–Crippen LogP) is 1.78. The van der Waals surface area contributed by atoms with Crippen molar-refractivity contribution in [2.75, 3.05) is 46.3 Å². The second kappa shape index (κ2) is 10.1. The van der Waals surface area contributed by atoms with Crippen LogP contribution in [0.5, 0.6) is 0 Å². The summed E-state index contributed by atoms with van der Waals surface area (Å²) in [5.74, 6) is -0.418. The highest BCUT2D eigenvalue weighted by molar-refractivity contribution is 5.85. The van der Waals surface area contributed by atoms with Gasteiger partial charge in [0.1, 0.15) is 11.5 Å². The van der Waals surface area contributed by atoms with E-state index in [4.69, 9.17) is 0 Å². The highest BCUT2D eigenvalue weighted by atomic mass is 19.1. The third-order valence-electron chi connectivity index (χ3n) is 6.75. The summed E-state index contributed by atoms with van der Waals surface area (Å²) in [5.41, 5.74) is 3.21. The number of amides is 1. The summed E-state index contributed by atoms with van der Waals surface area (Å²) in [4.78, 5) is 30.4. The van der Waals surface area contributed by atoms with Gasteiger partial charge in [-0.3, -0.25) is 19.1 Å². The summed E-state index contributed by atoms with van der Waals surface area (Å²) in [6.07, 6.45) is 0.612. The maximum absolute atomic E-state index is 13.8. The first-order valence-electron chi connectivity index (χ1n) is 11.8. The predicted molar refractivity (Wildman–Crippen MR) is 131 cm³/mol. The number of hydrogen-bond acceptors (Lipinski definition) is 5. The molecule has 0 radical (unpaired) electrons. The van der Waals surface area contributed by atoms with E-state index in [9.17, 15) is 14.0 Å². The van der Waals surface area contributed by atoms with E-state index in [1.807, 2.05) is 13.8 Å². The van der Waals surface area contributed by atoms with Crippen LogP contribution in [0.4, 0.5) is 4.39 Å². The first kappa shape index (κ1) is 24.1. The van der Waals surface area contributed by atoms with Gasteiger partial charge < -0.3 is 10.2 Å². The van der Waals surface area contributed by atoms with Crippen molar-refractivity contribution in [1.82, 2.24) is 29.5 Å². The van der Waals surface area contributed by atoms with Gasteiger partial charge in [-0.1, -0.05) is 6.07 Å². The fraction of sp³-hybridized carbons (Fsp3) is 0.480. The lowest BCUT2D eigenvalue weighted by Gasteiger charge is -2.32. The summed E-state index contributed by atoms with van der Waals surface area (Å²) >= 11 is 0. The van der Waals surface area contributed by atoms with Gasteiger partial charge in [0, 0.05) is 63.7 Å². The Kier molecular flexibility index (Phi) is 7.13. The molecule has 0 bridgehead atoms. The average molecular weight is 469 g/mol. The molecular formula is C25H33FN6O2. The minimum atomic E-state index is -0.365. The molecule has 0 saturated carbocycles. The van der Waals surface area contributed by atoms with Gasteiger partial charge >= 0.3 is 0 Å². The number of piperazine rings is 1. The number of fused-ring (bicyclic) bond motifs is 1. The minimum Gasteiger partial charge on any atom is -0.355 e. The van der Waals surface area contributed by atoms with Crippen molar-refractivity contribution in [3.63, 3.8) is 0 Å². The van der Waals surface area contributed by atoms with E-state index in [2.05, 4.69) is 27.3 Å². The highest BCUT2D eigenvalue weighted by Crippen LogP contribution is 2.26. The number of rotatable bonds is 7. The molecule has 1 aliphatic rings.